The molecule has 0 aliphatic heterocycles. The minimum atomic E-state index is -3.22. The fraction of sp³-hybridized carbons (Fsp3) is 0.267. The standard InChI is InChI=1S/C15H19N3O2S/c1-12-4-3-5-15(18-12)17-10-13-6-8-14(9-7-13)11-21(19,20)16-2/h3-9,16H,10-11H2,1-2H3,(H,17,18). The van der Waals surface area contributed by atoms with Gasteiger partial charge in [-0.2, -0.15) is 0 Å². The molecule has 0 bridgehead atoms. The third-order valence-corrected chi connectivity index (χ3v) is 4.39. The normalized spacial score (nSPS) is 11.3. The first kappa shape index (κ1) is 15.5. The van der Waals surface area contributed by atoms with Crippen molar-refractivity contribution in [2.75, 3.05) is 12.4 Å². The molecule has 0 radical (unpaired) electrons. The van der Waals surface area contributed by atoms with Crippen molar-refractivity contribution in [3.05, 3.63) is 59.3 Å². The number of nitrogens with one attached hydrogen (secondary N) is 2. The number of benzene rings is 1. The lowest BCUT2D eigenvalue weighted by Gasteiger charge is -2.07. The molecule has 112 valence electrons. The van der Waals surface area contributed by atoms with Gasteiger partial charge in [0.1, 0.15) is 5.82 Å². The monoisotopic (exact) mass is 305 g/mol. The molecule has 6 heteroatoms. The summed E-state index contributed by atoms with van der Waals surface area (Å²) in [6.45, 7) is 2.59. The van der Waals surface area contributed by atoms with Crippen molar-refractivity contribution in [3.8, 4) is 0 Å². The number of hydrogen-bond acceptors (Lipinski definition) is 4. The number of nitrogens with zero attached hydrogens (tertiary/aromatic N) is 1. The van der Waals surface area contributed by atoms with Crippen LogP contribution < -0.4 is 10.0 Å². The maximum atomic E-state index is 11.5. The van der Waals surface area contributed by atoms with Crippen molar-refractivity contribution in [1.29, 1.82) is 0 Å². The van der Waals surface area contributed by atoms with Crippen LogP contribution in [0.25, 0.3) is 0 Å². The van der Waals surface area contributed by atoms with Crippen LogP contribution in [0, 0.1) is 6.92 Å². The highest BCUT2D eigenvalue weighted by atomic mass is 32.2. The predicted octanol–water partition coefficient (Wildman–Crippen LogP) is 2.05. The van der Waals surface area contributed by atoms with Crippen LogP contribution >= 0.6 is 0 Å². The van der Waals surface area contributed by atoms with Gasteiger partial charge in [0, 0.05) is 12.2 Å². The smallest absolute Gasteiger partial charge is 0.215 e. The van der Waals surface area contributed by atoms with E-state index < -0.39 is 10.0 Å². The van der Waals surface area contributed by atoms with Crippen LogP contribution in [0.4, 0.5) is 5.82 Å². The Labute approximate surface area is 125 Å². The van der Waals surface area contributed by atoms with Crippen LogP contribution in [0.2, 0.25) is 0 Å². The maximum absolute atomic E-state index is 11.5. The van der Waals surface area contributed by atoms with Gasteiger partial charge in [-0.05, 0) is 37.2 Å². The second kappa shape index (κ2) is 6.69. The first-order valence-electron chi connectivity index (χ1n) is 6.65. The molecular weight excluding hydrogens is 286 g/mol. The van der Waals surface area contributed by atoms with Crippen LogP contribution in [0.5, 0.6) is 0 Å². The Balaban J connectivity index is 1.96. The van der Waals surface area contributed by atoms with Gasteiger partial charge in [-0.25, -0.2) is 18.1 Å². The molecule has 1 heterocycles. The summed E-state index contributed by atoms with van der Waals surface area (Å²) >= 11 is 0. The molecule has 0 fully saturated rings. The van der Waals surface area contributed by atoms with Gasteiger partial charge in [-0.1, -0.05) is 30.3 Å². The molecule has 0 saturated carbocycles. The summed E-state index contributed by atoms with van der Waals surface area (Å²) < 4.78 is 25.2. The fourth-order valence-corrected chi connectivity index (χ4v) is 2.65. The molecular formula is C15H19N3O2S. The highest BCUT2D eigenvalue weighted by molar-refractivity contribution is 7.88. The van der Waals surface area contributed by atoms with Crippen molar-refractivity contribution < 1.29 is 8.42 Å². The number of aromatic nitrogens is 1. The van der Waals surface area contributed by atoms with Gasteiger partial charge in [0.25, 0.3) is 0 Å². The molecule has 0 saturated heterocycles. The highest BCUT2D eigenvalue weighted by Crippen LogP contribution is 2.10. The van der Waals surface area contributed by atoms with Gasteiger partial charge in [0.2, 0.25) is 10.0 Å². The largest absolute Gasteiger partial charge is 0.366 e. The second-order valence-corrected chi connectivity index (χ2v) is 6.72. The lowest BCUT2D eigenvalue weighted by Crippen LogP contribution is -2.20. The van der Waals surface area contributed by atoms with E-state index >= 15 is 0 Å². The van der Waals surface area contributed by atoms with E-state index in [1.54, 1.807) is 0 Å². The quantitative estimate of drug-likeness (QED) is 0.857. The summed E-state index contributed by atoms with van der Waals surface area (Å²) in [7, 11) is -1.80. The number of anilines is 1. The summed E-state index contributed by atoms with van der Waals surface area (Å²) in [6.07, 6.45) is 0. The molecule has 0 amide bonds. The molecule has 2 aromatic rings. The third kappa shape index (κ3) is 4.84. The van der Waals surface area contributed by atoms with E-state index in [4.69, 9.17) is 0 Å². The van der Waals surface area contributed by atoms with Crippen LogP contribution in [0.15, 0.2) is 42.5 Å². The predicted molar refractivity (Wildman–Crippen MR) is 84.4 cm³/mol. The Hall–Kier alpha value is -1.92. The summed E-state index contributed by atoms with van der Waals surface area (Å²) in [5.41, 5.74) is 2.80. The van der Waals surface area contributed by atoms with Crippen molar-refractivity contribution in [3.63, 3.8) is 0 Å². The number of aryl methyl sites for hydroxylation is 1. The molecule has 0 aliphatic carbocycles. The fourth-order valence-electron chi connectivity index (χ4n) is 1.88. The van der Waals surface area contributed by atoms with Crippen molar-refractivity contribution in [2.45, 2.75) is 19.2 Å². The zero-order valence-electron chi connectivity index (χ0n) is 12.1. The van der Waals surface area contributed by atoms with Gasteiger partial charge in [-0.15, -0.1) is 0 Å². The van der Waals surface area contributed by atoms with Crippen molar-refractivity contribution >= 4 is 15.8 Å². The SMILES string of the molecule is CNS(=O)(=O)Cc1ccc(CNc2cccc(C)n2)cc1. The molecule has 1 aromatic carbocycles. The van der Waals surface area contributed by atoms with E-state index in [0.29, 0.717) is 6.54 Å². The molecule has 0 aliphatic rings. The number of hydrogen-bond donors (Lipinski definition) is 2. The third-order valence-electron chi connectivity index (χ3n) is 3.05. The number of pyridine rings is 1. The Bertz CT molecular complexity index is 697. The van der Waals surface area contributed by atoms with Gasteiger partial charge >= 0.3 is 0 Å². The van der Waals surface area contributed by atoms with Crippen LogP contribution in [0.3, 0.4) is 0 Å². The van der Waals surface area contributed by atoms with Gasteiger partial charge in [-0.3, -0.25) is 0 Å². The second-order valence-electron chi connectivity index (χ2n) is 4.80. The van der Waals surface area contributed by atoms with Gasteiger partial charge in [0.15, 0.2) is 0 Å². The molecule has 2 N–H and O–H groups in total. The number of sulfonamides is 1. The van der Waals surface area contributed by atoms with E-state index in [1.807, 2.05) is 49.4 Å². The average molecular weight is 305 g/mol. The summed E-state index contributed by atoms with van der Waals surface area (Å²) in [6, 6.07) is 13.3. The Kier molecular flexibility index (Phi) is 4.93. The Morgan fingerprint density at radius 3 is 2.33 bits per heavy atom. The molecule has 0 atom stereocenters. The molecule has 0 spiro atoms. The van der Waals surface area contributed by atoms with Crippen molar-refractivity contribution in [1.82, 2.24) is 9.71 Å². The maximum Gasteiger partial charge on any atom is 0.215 e. The first-order chi connectivity index (χ1) is 9.98. The Morgan fingerprint density at radius 2 is 1.71 bits per heavy atom. The summed E-state index contributed by atoms with van der Waals surface area (Å²) in [4.78, 5) is 4.37. The van der Waals surface area contributed by atoms with E-state index in [2.05, 4.69) is 15.0 Å². The van der Waals surface area contributed by atoms with Gasteiger partial charge in [0.05, 0.1) is 5.75 Å². The molecule has 1 aromatic heterocycles. The summed E-state index contributed by atoms with van der Waals surface area (Å²) in [5, 5.41) is 3.24. The minimum absolute atomic E-state index is 0.00333. The van der Waals surface area contributed by atoms with Crippen molar-refractivity contribution in [2.24, 2.45) is 0 Å². The van der Waals surface area contributed by atoms with Crippen LogP contribution in [-0.4, -0.2) is 20.4 Å². The zero-order chi connectivity index (χ0) is 15.3. The van der Waals surface area contributed by atoms with E-state index in [-0.39, 0.29) is 5.75 Å². The molecule has 0 unspecified atom stereocenters. The lowest BCUT2D eigenvalue weighted by atomic mass is 10.1. The molecule has 2 rings (SSSR count). The zero-order valence-corrected chi connectivity index (χ0v) is 12.9. The lowest BCUT2D eigenvalue weighted by molar-refractivity contribution is 0.587. The Morgan fingerprint density at radius 1 is 1.05 bits per heavy atom. The minimum Gasteiger partial charge on any atom is -0.366 e. The average Bonchev–Trinajstić information content (AvgIpc) is 2.46. The molecule has 21 heavy (non-hydrogen) atoms. The van der Waals surface area contributed by atoms with E-state index in [9.17, 15) is 8.42 Å². The number of rotatable bonds is 6. The summed E-state index contributed by atoms with van der Waals surface area (Å²) in [5.74, 6) is 0.827. The highest BCUT2D eigenvalue weighted by Gasteiger charge is 2.08. The topological polar surface area (TPSA) is 71.1 Å². The van der Waals surface area contributed by atoms with Gasteiger partial charge < -0.3 is 5.32 Å². The van der Waals surface area contributed by atoms with Crippen LogP contribution in [-0.2, 0) is 22.3 Å². The van der Waals surface area contributed by atoms with E-state index in [1.165, 1.54) is 7.05 Å². The molecule has 5 nitrogen and oxygen atoms in total. The van der Waals surface area contributed by atoms with E-state index in [0.717, 1.165) is 22.6 Å². The first-order valence-corrected chi connectivity index (χ1v) is 8.30. The van der Waals surface area contributed by atoms with Crippen LogP contribution in [0.1, 0.15) is 16.8 Å².